The fourth-order valence-electron chi connectivity index (χ4n) is 1.78. The predicted octanol–water partition coefficient (Wildman–Crippen LogP) is 2.18. The number of alkyl halides is 1. The summed E-state index contributed by atoms with van der Waals surface area (Å²) in [5, 5.41) is 0. The van der Waals surface area contributed by atoms with Crippen LogP contribution < -0.4 is 5.73 Å². The Morgan fingerprint density at radius 1 is 1.20 bits per heavy atom. The molecule has 0 spiro atoms. The van der Waals surface area contributed by atoms with Crippen molar-refractivity contribution in [1.29, 1.82) is 0 Å². The van der Waals surface area contributed by atoms with Gasteiger partial charge in [0.25, 0.3) is 0 Å². The van der Waals surface area contributed by atoms with Crippen LogP contribution in [0.15, 0.2) is 0 Å². The molecule has 0 aromatic heterocycles. The largest absolute Gasteiger partial charge is 0.327 e. The molecule has 1 saturated carbocycles. The normalized spacial score (nSPS) is 49.2. The summed E-state index contributed by atoms with van der Waals surface area (Å²) in [5.41, 5.74) is 5.98. The monoisotopic (exact) mass is 253 g/mol. The average Bonchev–Trinajstić information content (AvgIpc) is 1.82. The molecule has 1 rings (SSSR count). The third kappa shape index (κ3) is 1.84. The first-order valence-electron chi connectivity index (χ1n) is 4.01. The Labute approximate surface area is 76.9 Å². The summed E-state index contributed by atoms with van der Waals surface area (Å²) in [7, 11) is 0. The second-order valence-electron chi connectivity index (χ2n) is 3.60. The van der Waals surface area contributed by atoms with Crippen molar-refractivity contribution in [3.05, 3.63) is 0 Å². The molecular weight excluding hydrogens is 237 g/mol. The van der Waals surface area contributed by atoms with Crippen LogP contribution in [-0.4, -0.2) is 9.97 Å². The van der Waals surface area contributed by atoms with Crippen LogP contribution >= 0.6 is 22.6 Å². The number of nitrogens with two attached hydrogens (primary N) is 1. The third-order valence-electron chi connectivity index (χ3n) is 2.57. The van der Waals surface area contributed by atoms with E-state index < -0.39 is 0 Å². The maximum atomic E-state index is 5.98. The zero-order valence-corrected chi connectivity index (χ0v) is 8.84. The summed E-state index contributed by atoms with van der Waals surface area (Å²) in [6, 6.07) is 0.450. The van der Waals surface area contributed by atoms with Crippen molar-refractivity contribution in [2.75, 3.05) is 0 Å². The molecule has 1 nitrogen and oxygen atoms in total. The van der Waals surface area contributed by atoms with Gasteiger partial charge >= 0.3 is 0 Å². The molecule has 0 radical (unpaired) electrons. The molecule has 0 bridgehead atoms. The lowest BCUT2D eigenvalue weighted by Crippen LogP contribution is -2.41. The number of hydrogen-bond donors (Lipinski definition) is 1. The van der Waals surface area contributed by atoms with Gasteiger partial charge in [-0.1, -0.05) is 36.4 Å². The summed E-state index contributed by atoms with van der Waals surface area (Å²) in [6.45, 7) is 4.54. The Balaban J connectivity index is 2.49. The molecule has 1 aliphatic carbocycles. The molecule has 60 valence electrons. The highest BCUT2D eigenvalue weighted by molar-refractivity contribution is 14.1. The summed E-state index contributed by atoms with van der Waals surface area (Å²) in [6.07, 6.45) is 2.62. The van der Waals surface area contributed by atoms with Crippen LogP contribution in [0.3, 0.4) is 0 Å². The SMILES string of the molecule is CC1CC(I)CC(C)C1N. The molecular formula is C8H16IN. The van der Waals surface area contributed by atoms with Crippen molar-refractivity contribution in [2.24, 2.45) is 17.6 Å². The highest BCUT2D eigenvalue weighted by atomic mass is 127. The topological polar surface area (TPSA) is 26.0 Å². The van der Waals surface area contributed by atoms with Crippen molar-refractivity contribution in [2.45, 2.75) is 36.7 Å². The lowest BCUT2D eigenvalue weighted by atomic mass is 9.79. The fraction of sp³-hybridized carbons (Fsp3) is 1.00. The molecule has 2 heteroatoms. The second-order valence-corrected chi connectivity index (χ2v) is 5.36. The molecule has 2 N–H and O–H groups in total. The van der Waals surface area contributed by atoms with Gasteiger partial charge in [0.2, 0.25) is 0 Å². The van der Waals surface area contributed by atoms with Gasteiger partial charge < -0.3 is 5.73 Å². The van der Waals surface area contributed by atoms with Crippen molar-refractivity contribution < 1.29 is 0 Å². The lowest BCUT2D eigenvalue weighted by Gasteiger charge is -2.34. The summed E-state index contributed by atoms with van der Waals surface area (Å²) < 4.78 is 0.863. The van der Waals surface area contributed by atoms with Gasteiger partial charge in [-0.15, -0.1) is 0 Å². The molecule has 0 aromatic carbocycles. The first-order chi connectivity index (χ1) is 4.61. The van der Waals surface area contributed by atoms with Gasteiger partial charge in [-0.25, -0.2) is 0 Å². The van der Waals surface area contributed by atoms with Gasteiger partial charge in [-0.05, 0) is 24.7 Å². The van der Waals surface area contributed by atoms with Crippen molar-refractivity contribution in [3.8, 4) is 0 Å². The quantitative estimate of drug-likeness (QED) is 0.519. The van der Waals surface area contributed by atoms with Crippen LogP contribution in [0.2, 0.25) is 0 Å². The molecule has 10 heavy (non-hydrogen) atoms. The molecule has 0 aromatic rings. The van der Waals surface area contributed by atoms with Crippen molar-refractivity contribution >= 4 is 22.6 Å². The van der Waals surface area contributed by atoms with E-state index in [2.05, 4.69) is 36.4 Å². The maximum Gasteiger partial charge on any atom is 0.0116 e. The van der Waals surface area contributed by atoms with E-state index in [1.165, 1.54) is 12.8 Å². The Morgan fingerprint density at radius 3 is 2.00 bits per heavy atom. The van der Waals surface area contributed by atoms with Gasteiger partial charge in [0.15, 0.2) is 0 Å². The van der Waals surface area contributed by atoms with Crippen LogP contribution in [0.1, 0.15) is 26.7 Å². The standard InChI is InChI=1S/C8H16IN/c1-5-3-7(9)4-6(2)8(5)10/h5-8H,3-4,10H2,1-2H3. The maximum absolute atomic E-state index is 5.98. The zero-order valence-electron chi connectivity index (χ0n) is 6.68. The Morgan fingerprint density at radius 2 is 1.60 bits per heavy atom. The van der Waals surface area contributed by atoms with Crippen molar-refractivity contribution in [1.82, 2.24) is 0 Å². The molecule has 2 atom stereocenters. The highest BCUT2D eigenvalue weighted by Gasteiger charge is 2.28. The smallest absolute Gasteiger partial charge is 0.0116 e. The van der Waals surface area contributed by atoms with E-state index in [9.17, 15) is 0 Å². The van der Waals surface area contributed by atoms with E-state index in [1.807, 2.05) is 0 Å². The predicted molar refractivity (Wildman–Crippen MR) is 53.3 cm³/mol. The molecule has 0 amide bonds. The van der Waals surface area contributed by atoms with Gasteiger partial charge in [0.1, 0.15) is 0 Å². The average molecular weight is 253 g/mol. The van der Waals surface area contributed by atoms with E-state index in [4.69, 9.17) is 5.73 Å². The van der Waals surface area contributed by atoms with Crippen molar-refractivity contribution in [3.63, 3.8) is 0 Å². The minimum atomic E-state index is 0.450. The Bertz CT molecular complexity index is 104. The minimum absolute atomic E-state index is 0.450. The third-order valence-corrected chi connectivity index (χ3v) is 3.59. The number of halogens is 1. The molecule has 1 aliphatic rings. The first-order valence-corrected chi connectivity index (χ1v) is 5.25. The molecule has 1 fully saturated rings. The first kappa shape index (κ1) is 8.78. The van der Waals surface area contributed by atoms with Crippen LogP contribution in [0.4, 0.5) is 0 Å². The summed E-state index contributed by atoms with van der Waals surface area (Å²) >= 11 is 2.54. The Kier molecular flexibility index (Phi) is 2.98. The lowest BCUT2D eigenvalue weighted by molar-refractivity contribution is 0.262. The van der Waals surface area contributed by atoms with E-state index in [0.717, 1.165) is 15.8 Å². The molecule has 0 saturated heterocycles. The second kappa shape index (κ2) is 3.39. The van der Waals surface area contributed by atoms with Gasteiger partial charge in [-0.3, -0.25) is 0 Å². The van der Waals surface area contributed by atoms with Gasteiger partial charge in [0.05, 0.1) is 0 Å². The number of rotatable bonds is 0. The van der Waals surface area contributed by atoms with E-state index >= 15 is 0 Å². The van der Waals surface area contributed by atoms with E-state index in [0.29, 0.717) is 6.04 Å². The number of hydrogen-bond acceptors (Lipinski definition) is 1. The van der Waals surface area contributed by atoms with Gasteiger partial charge in [0, 0.05) is 9.97 Å². The fourth-order valence-corrected chi connectivity index (χ4v) is 3.38. The molecule has 0 heterocycles. The van der Waals surface area contributed by atoms with Crippen LogP contribution in [-0.2, 0) is 0 Å². The van der Waals surface area contributed by atoms with Crippen LogP contribution in [0.25, 0.3) is 0 Å². The molecule has 0 aliphatic heterocycles. The summed E-state index contributed by atoms with van der Waals surface area (Å²) in [5.74, 6) is 1.45. The zero-order chi connectivity index (χ0) is 7.72. The Hall–Kier alpha value is 0.690. The highest BCUT2D eigenvalue weighted by Crippen LogP contribution is 2.31. The van der Waals surface area contributed by atoms with Crippen LogP contribution in [0.5, 0.6) is 0 Å². The summed E-state index contributed by atoms with van der Waals surface area (Å²) in [4.78, 5) is 0. The van der Waals surface area contributed by atoms with E-state index in [-0.39, 0.29) is 0 Å². The molecule has 2 unspecified atom stereocenters. The minimum Gasteiger partial charge on any atom is -0.327 e. The van der Waals surface area contributed by atoms with Crippen LogP contribution in [0, 0.1) is 11.8 Å². The van der Waals surface area contributed by atoms with E-state index in [1.54, 1.807) is 0 Å². The van der Waals surface area contributed by atoms with Gasteiger partial charge in [-0.2, -0.15) is 0 Å².